The van der Waals surface area contributed by atoms with Gasteiger partial charge in [-0.1, -0.05) is 30.0 Å². The largest absolute Gasteiger partial charge is 0.453 e. The number of pyridine rings is 2. The van der Waals surface area contributed by atoms with Crippen LogP contribution in [0.2, 0.25) is 0 Å². The number of nitrogens with one attached hydrogen (secondary N) is 4. The zero-order valence-corrected chi connectivity index (χ0v) is 44.9. The van der Waals surface area contributed by atoms with Crippen LogP contribution in [0, 0.1) is 41.2 Å². The molecule has 4 amide bonds. The van der Waals surface area contributed by atoms with Crippen molar-refractivity contribution in [3.8, 4) is 23.1 Å². The summed E-state index contributed by atoms with van der Waals surface area (Å²) in [5, 5.41) is 18.8. The molecule has 432 valence electrons. The molecule has 0 spiro atoms. The highest BCUT2D eigenvalue weighted by Crippen LogP contribution is 2.42. The van der Waals surface area contributed by atoms with Gasteiger partial charge in [0.15, 0.2) is 0 Å². The van der Waals surface area contributed by atoms with Crippen LogP contribution in [-0.4, -0.2) is 151 Å². The van der Waals surface area contributed by atoms with Crippen LogP contribution in [0.3, 0.4) is 0 Å². The third-order valence-electron chi connectivity index (χ3n) is 14.9. The molecule has 2 aromatic carbocycles. The number of amides is 4. The number of aromatic nitrogens is 2. The molecular weight excluding hydrogens is 1070 g/mol. The first-order valence-electron chi connectivity index (χ1n) is 25.5. The fraction of sp³-hybridized carbons (Fsp3) is 0.491. The number of aliphatic hydroxyl groups excluding tert-OH is 1. The molecule has 2 unspecified atom stereocenters. The molecule has 7 rings (SSSR count). The van der Waals surface area contributed by atoms with E-state index in [9.17, 15) is 50.6 Å². The molecule has 0 saturated carbocycles. The van der Waals surface area contributed by atoms with Gasteiger partial charge in [0.2, 0.25) is 5.91 Å². The van der Waals surface area contributed by atoms with Gasteiger partial charge in [-0.25, -0.2) is 28.4 Å². The predicted molar refractivity (Wildman–Crippen MR) is 275 cm³/mol. The Morgan fingerprint density at radius 1 is 0.750 bits per heavy atom. The predicted octanol–water partition coefficient (Wildman–Crippen LogP) is 6.73. The molecule has 3 fully saturated rings. The van der Waals surface area contributed by atoms with Crippen molar-refractivity contribution in [1.29, 1.82) is 0 Å². The number of aryl methyl sites for hydroxylation is 1. The number of hydrazine groups is 1. The van der Waals surface area contributed by atoms with E-state index in [1.165, 1.54) is 24.4 Å². The number of carbonyl (C=O) groups is 4. The molecule has 2 aromatic heterocycles. The molecule has 5 N–H and O–H groups in total. The van der Waals surface area contributed by atoms with E-state index in [0.717, 1.165) is 76.9 Å². The number of benzene rings is 2. The molecule has 3 aliphatic rings. The number of hydrogen-bond acceptors (Lipinski definition) is 13. The van der Waals surface area contributed by atoms with E-state index in [0.29, 0.717) is 67.5 Å². The van der Waals surface area contributed by atoms with E-state index in [-0.39, 0.29) is 11.3 Å². The highest BCUT2D eigenvalue weighted by atomic mass is 19.4. The molecule has 80 heavy (non-hydrogen) atoms. The summed E-state index contributed by atoms with van der Waals surface area (Å²) in [4.78, 5) is 66.7. The van der Waals surface area contributed by atoms with Crippen molar-refractivity contribution < 1.29 is 73.6 Å². The topological polar surface area (TPSA) is 200 Å². The smallest absolute Gasteiger partial charge is 0.407 e. The Bertz CT molecular complexity index is 2880. The molecule has 3 aliphatic heterocycles. The molecule has 25 heteroatoms. The third kappa shape index (κ3) is 14.1. The highest BCUT2D eigenvalue weighted by Gasteiger charge is 2.57. The Kier molecular flexibility index (Phi) is 18.7. The first-order chi connectivity index (χ1) is 37.6. The maximum absolute atomic E-state index is 16.1. The second-order valence-corrected chi connectivity index (χ2v) is 21.2. The number of ether oxygens (including phenoxy) is 3. The lowest BCUT2D eigenvalue weighted by Gasteiger charge is -2.47. The molecular formula is C55H63F8N9O8. The van der Waals surface area contributed by atoms with Crippen LogP contribution < -0.4 is 26.3 Å². The molecule has 0 aliphatic carbocycles. The minimum absolute atomic E-state index is 0.0250. The standard InChI is InChI=1S/C55H63F8N9O8/c1-31-8-18-42(64-23-31)35-21-40(56)39(41(57)22-35)27-71(69-49(75)47(68-51(77)79-7)53(4,5)55(61,62)63)28-44(73)43(66-48(74)46(67-50(76)78-6)52(2,3)54(58,59)60)20-33-12-9-32(10-13-33)11-14-34-15-19-45(65-24-34)70-25-36-16-17-37(26-70)72(36)38-29-80-30-38/h8-10,12-13,15,18-19,21-24,36-38,43-44,46-47,73H,16-17,20,25-30H2,1-7H3,(H,66,74)(H,67,76)(H,68,77)(H,69,75)/t36?,37?,43-,44-,46+,47+/m0/s1. The van der Waals surface area contributed by atoms with E-state index in [1.807, 2.05) is 22.8 Å². The van der Waals surface area contributed by atoms with Gasteiger partial charge >= 0.3 is 24.5 Å². The zero-order valence-electron chi connectivity index (χ0n) is 44.9. The van der Waals surface area contributed by atoms with Gasteiger partial charge in [0.25, 0.3) is 5.91 Å². The Balaban J connectivity index is 1.18. The average molecular weight is 1130 g/mol. The van der Waals surface area contributed by atoms with Crippen molar-refractivity contribution in [1.82, 2.24) is 41.3 Å². The van der Waals surface area contributed by atoms with E-state index < -0.39 is 108 Å². The van der Waals surface area contributed by atoms with E-state index in [2.05, 4.69) is 51.8 Å². The van der Waals surface area contributed by atoms with Gasteiger partial charge < -0.3 is 40.2 Å². The lowest BCUT2D eigenvalue weighted by atomic mass is 9.82. The number of hydrogen-bond donors (Lipinski definition) is 5. The quantitative estimate of drug-likeness (QED) is 0.0400. The summed E-state index contributed by atoms with van der Waals surface area (Å²) in [7, 11) is 1.67. The third-order valence-corrected chi connectivity index (χ3v) is 14.9. The number of nitrogens with zero attached hydrogens (tertiary/aromatic N) is 5. The van der Waals surface area contributed by atoms with Crippen LogP contribution >= 0.6 is 0 Å². The number of alkyl halides is 6. The van der Waals surface area contributed by atoms with Crippen molar-refractivity contribution >= 4 is 29.8 Å². The lowest BCUT2D eigenvalue weighted by Crippen LogP contribution is -2.63. The fourth-order valence-electron chi connectivity index (χ4n) is 9.72. The Hall–Kier alpha value is -7.14. The van der Waals surface area contributed by atoms with Gasteiger partial charge in [0.05, 0.1) is 62.1 Å². The summed E-state index contributed by atoms with van der Waals surface area (Å²) in [6.07, 6.45) is -10.4. The van der Waals surface area contributed by atoms with Gasteiger partial charge in [-0.2, -0.15) is 26.3 Å². The molecule has 4 aromatic rings. The van der Waals surface area contributed by atoms with Crippen LogP contribution in [0.15, 0.2) is 73.1 Å². The summed E-state index contributed by atoms with van der Waals surface area (Å²) >= 11 is 0. The van der Waals surface area contributed by atoms with Crippen LogP contribution in [0.25, 0.3) is 11.3 Å². The number of methoxy groups -OCH3 is 2. The molecule has 17 nitrogen and oxygen atoms in total. The number of alkyl carbamates (subject to hydrolysis) is 2. The molecule has 5 heterocycles. The zero-order chi connectivity index (χ0) is 58.5. The van der Waals surface area contributed by atoms with Gasteiger partial charge in [0.1, 0.15) is 29.5 Å². The van der Waals surface area contributed by atoms with E-state index in [1.54, 1.807) is 31.3 Å². The number of halogens is 8. The van der Waals surface area contributed by atoms with Gasteiger partial charge in [0, 0.05) is 72.9 Å². The Morgan fingerprint density at radius 3 is 1.79 bits per heavy atom. The Labute approximate surface area is 457 Å². The van der Waals surface area contributed by atoms with Crippen LogP contribution in [0.4, 0.5) is 50.5 Å². The first kappa shape index (κ1) is 60.5. The number of anilines is 1. The summed E-state index contributed by atoms with van der Waals surface area (Å²) < 4.78 is 134. The van der Waals surface area contributed by atoms with Crippen molar-refractivity contribution in [2.45, 2.75) is 115 Å². The number of piperazine rings is 1. The molecule has 3 saturated heterocycles. The normalized spacial score (nSPS) is 18.4. The fourth-order valence-corrected chi connectivity index (χ4v) is 9.72. The highest BCUT2D eigenvalue weighted by molar-refractivity contribution is 5.87. The van der Waals surface area contributed by atoms with Crippen molar-refractivity contribution in [3.63, 3.8) is 0 Å². The van der Waals surface area contributed by atoms with Crippen LogP contribution in [-0.2, 0) is 36.8 Å². The van der Waals surface area contributed by atoms with E-state index in [4.69, 9.17) is 4.74 Å². The minimum atomic E-state index is -5.18. The minimum Gasteiger partial charge on any atom is -0.453 e. The number of aliphatic hydroxyl groups is 1. The van der Waals surface area contributed by atoms with Crippen molar-refractivity contribution in [3.05, 3.63) is 113 Å². The van der Waals surface area contributed by atoms with Crippen LogP contribution in [0.1, 0.15) is 68.4 Å². The monoisotopic (exact) mass is 1130 g/mol. The average Bonchev–Trinajstić information content (AvgIpc) is 3.61. The lowest BCUT2D eigenvalue weighted by molar-refractivity contribution is -0.221. The maximum atomic E-state index is 16.1. The molecule has 0 radical (unpaired) electrons. The number of rotatable bonds is 18. The first-order valence-corrected chi connectivity index (χ1v) is 25.5. The van der Waals surface area contributed by atoms with Crippen LogP contribution in [0.5, 0.6) is 0 Å². The van der Waals surface area contributed by atoms with E-state index >= 15 is 8.78 Å². The summed E-state index contributed by atoms with van der Waals surface area (Å²) in [6.45, 7) is 5.32. The number of carbonyl (C=O) groups excluding carboxylic acids is 4. The van der Waals surface area contributed by atoms with Crippen molar-refractivity contribution in [2.24, 2.45) is 10.8 Å². The molecule has 6 atom stereocenters. The summed E-state index contributed by atoms with van der Waals surface area (Å²) in [5.74, 6) is 1.35. The van der Waals surface area contributed by atoms with Gasteiger partial charge in [-0.05, 0) is 107 Å². The Morgan fingerprint density at radius 2 is 1.30 bits per heavy atom. The second kappa shape index (κ2) is 24.7. The second-order valence-electron chi connectivity index (χ2n) is 21.2. The molecule has 2 bridgehead atoms. The maximum Gasteiger partial charge on any atom is 0.407 e. The number of fused-ring (bicyclic) bond motifs is 2. The summed E-state index contributed by atoms with van der Waals surface area (Å²) in [6, 6.07) is 9.61. The van der Waals surface area contributed by atoms with Gasteiger partial charge in [-0.3, -0.25) is 24.9 Å². The summed E-state index contributed by atoms with van der Waals surface area (Å²) in [5.41, 5.74) is -2.45. The van der Waals surface area contributed by atoms with Gasteiger partial charge in [-0.15, -0.1) is 0 Å². The SMILES string of the molecule is COC(=O)N[C@H](C(=O)N[C@@H](Cc1ccc(C#Cc2ccc(N3CC4CCC(C3)N4C3COC3)nc2)cc1)[C@@H](O)CN(Cc1c(F)cc(-c2ccc(C)cn2)cc1F)NC(=O)[C@@H](NC(=O)OC)C(C)(C)C(F)(F)F)C(C)(C)C(F)(F)F. The van der Waals surface area contributed by atoms with Crippen molar-refractivity contribution in [2.75, 3.05) is 52.0 Å².